The molecule has 74 valence electrons. The van der Waals surface area contributed by atoms with Crippen LogP contribution in [0.15, 0.2) is 12.7 Å². The minimum atomic E-state index is 0.568. The van der Waals surface area contributed by atoms with Gasteiger partial charge in [-0.1, -0.05) is 0 Å². The lowest BCUT2D eigenvalue weighted by atomic mass is 10.5. The summed E-state index contributed by atoms with van der Waals surface area (Å²) in [6, 6.07) is 0. The van der Waals surface area contributed by atoms with Gasteiger partial charge in [-0.2, -0.15) is 0 Å². The SMILES string of the molecule is CCONc1ncnc2c1ncn2C. The van der Waals surface area contributed by atoms with E-state index < -0.39 is 0 Å². The van der Waals surface area contributed by atoms with Gasteiger partial charge < -0.3 is 4.57 Å². The molecule has 14 heavy (non-hydrogen) atoms. The maximum absolute atomic E-state index is 5.05. The number of nitrogens with zero attached hydrogens (tertiary/aromatic N) is 4. The Kier molecular flexibility index (Phi) is 2.28. The van der Waals surface area contributed by atoms with Crippen molar-refractivity contribution in [2.45, 2.75) is 6.92 Å². The van der Waals surface area contributed by atoms with E-state index in [1.54, 1.807) is 6.33 Å². The van der Waals surface area contributed by atoms with Crippen LogP contribution in [0.25, 0.3) is 11.2 Å². The molecule has 0 saturated carbocycles. The van der Waals surface area contributed by atoms with Crippen molar-refractivity contribution in [3.05, 3.63) is 12.7 Å². The van der Waals surface area contributed by atoms with E-state index in [0.29, 0.717) is 17.9 Å². The van der Waals surface area contributed by atoms with Crippen LogP contribution < -0.4 is 5.48 Å². The van der Waals surface area contributed by atoms with E-state index >= 15 is 0 Å². The number of rotatable bonds is 3. The predicted molar refractivity (Wildman–Crippen MR) is 51.6 cm³/mol. The van der Waals surface area contributed by atoms with Crippen molar-refractivity contribution in [1.29, 1.82) is 0 Å². The molecule has 0 bridgehead atoms. The molecule has 6 nitrogen and oxygen atoms in total. The third-order valence-corrected chi connectivity index (χ3v) is 1.81. The molecule has 0 fully saturated rings. The van der Waals surface area contributed by atoms with Crippen molar-refractivity contribution < 1.29 is 4.84 Å². The second-order valence-corrected chi connectivity index (χ2v) is 2.79. The molecule has 0 radical (unpaired) electrons. The van der Waals surface area contributed by atoms with E-state index in [0.717, 1.165) is 5.65 Å². The summed E-state index contributed by atoms with van der Waals surface area (Å²) in [7, 11) is 1.88. The van der Waals surface area contributed by atoms with E-state index in [4.69, 9.17) is 4.84 Å². The summed E-state index contributed by atoms with van der Waals surface area (Å²) in [5, 5.41) is 0. The van der Waals surface area contributed by atoms with E-state index in [-0.39, 0.29) is 0 Å². The summed E-state index contributed by atoms with van der Waals surface area (Å²) in [5.74, 6) is 0.595. The van der Waals surface area contributed by atoms with Crippen LogP contribution in [-0.2, 0) is 11.9 Å². The molecule has 0 atom stereocenters. The summed E-state index contributed by atoms with van der Waals surface area (Å²) in [6.07, 6.45) is 3.17. The van der Waals surface area contributed by atoms with Crippen LogP contribution in [0.4, 0.5) is 5.82 Å². The minimum Gasteiger partial charge on any atom is -0.318 e. The Morgan fingerprint density at radius 1 is 1.43 bits per heavy atom. The van der Waals surface area contributed by atoms with E-state index in [1.165, 1.54) is 6.33 Å². The number of anilines is 1. The maximum atomic E-state index is 5.05. The minimum absolute atomic E-state index is 0.568. The number of nitrogens with one attached hydrogen (secondary N) is 1. The van der Waals surface area contributed by atoms with Gasteiger partial charge in [0.25, 0.3) is 0 Å². The van der Waals surface area contributed by atoms with Gasteiger partial charge in [-0.15, -0.1) is 0 Å². The molecular weight excluding hydrogens is 182 g/mol. The molecule has 0 unspecified atom stereocenters. The molecule has 1 N–H and O–H groups in total. The quantitative estimate of drug-likeness (QED) is 0.728. The molecule has 0 aliphatic rings. The highest BCUT2D eigenvalue weighted by Crippen LogP contribution is 2.15. The Morgan fingerprint density at radius 3 is 3.07 bits per heavy atom. The number of hydrogen-bond donors (Lipinski definition) is 1. The van der Waals surface area contributed by atoms with E-state index in [1.807, 2.05) is 18.5 Å². The van der Waals surface area contributed by atoms with Gasteiger partial charge in [0.1, 0.15) is 6.33 Å². The van der Waals surface area contributed by atoms with Gasteiger partial charge in [-0.3, -0.25) is 4.84 Å². The number of aromatic nitrogens is 4. The van der Waals surface area contributed by atoms with Crippen molar-refractivity contribution in [2.75, 3.05) is 12.1 Å². The first-order valence-electron chi connectivity index (χ1n) is 4.32. The highest BCUT2D eigenvalue weighted by atomic mass is 16.6. The molecule has 2 aromatic heterocycles. The zero-order chi connectivity index (χ0) is 9.97. The zero-order valence-electron chi connectivity index (χ0n) is 8.06. The molecule has 2 rings (SSSR count). The molecule has 0 aromatic carbocycles. The lowest BCUT2D eigenvalue weighted by molar-refractivity contribution is 0.209. The Bertz CT molecular complexity index is 438. The molecule has 0 saturated heterocycles. The number of hydrogen-bond acceptors (Lipinski definition) is 5. The first-order valence-corrected chi connectivity index (χ1v) is 4.32. The average molecular weight is 193 g/mol. The first kappa shape index (κ1) is 8.89. The van der Waals surface area contributed by atoms with Crippen molar-refractivity contribution >= 4 is 17.0 Å². The standard InChI is InChI=1S/C8H11N5O/c1-3-14-12-7-6-8(10-4-9-7)13(2)5-11-6/h4-5H,3H2,1-2H3,(H,9,10,12). The highest BCUT2D eigenvalue weighted by Gasteiger charge is 2.07. The maximum Gasteiger partial charge on any atom is 0.181 e. The predicted octanol–water partition coefficient (Wildman–Crippen LogP) is 0.727. The zero-order valence-corrected chi connectivity index (χ0v) is 8.06. The van der Waals surface area contributed by atoms with Crippen LogP contribution in [-0.4, -0.2) is 26.1 Å². The van der Waals surface area contributed by atoms with Gasteiger partial charge in [-0.25, -0.2) is 20.4 Å². The first-order chi connectivity index (χ1) is 6.83. The summed E-state index contributed by atoms with van der Waals surface area (Å²) in [5.41, 5.74) is 4.22. The average Bonchev–Trinajstić information content (AvgIpc) is 2.58. The monoisotopic (exact) mass is 193 g/mol. The molecule has 6 heteroatoms. The fraction of sp³-hybridized carbons (Fsp3) is 0.375. The van der Waals surface area contributed by atoms with Crippen LogP contribution in [0, 0.1) is 0 Å². The van der Waals surface area contributed by atoms with Crippen LogP contribution in [0.1, 0.15) is 6.92 Å². The third-order valence-electron chi connectivity index (χ3n) is 1.81. The molecule has 0 amide bonds. The summed E-state index contributed by atoms with van der Waals surface area (Å²) < 4.78 is 1.83. The van der Waals surface area contributed by atoms with Gasteiger partial charge in [-0.05, 0) is 6.92 Å². The van der Waals surface area contributed by atoms with Crippen molar-refractivity contribution in [3.8, 4) is 0 Å². The van der Waals surface area contributed by atoms with Crippen molar-refractivity contribution in [3.63, 3.8) is 0 Å². The summed E-state index contributed by atoms with van der Waals surface area (Å²) >= 11 is 0. The molecule has 2 aromatic rings. The smallest absolute Gasteiger partial charge is 0.181 e. The van der Waals surface area contributed by atoms with E-state index in [2.05, 4.69) is 20.4 Å². The largest absolute Gasteiger partial charge is 0.318 e. The topological polar surface area (TPSA) is 64.9 Å². The Balaban J connectivity index is 2.44. The van der Waals surface area contributed by atoms with Gasteiger partial charge in [0.15, 0.2) is 17.0 Å². The van der Waals surface area contributed by atoms with Crippen molar-refractivity contribution in [1.82, 2.24) is 19.5 Å². The van der Waals surface area contributed by atoms with Crippen molar-refractivity contribution in [2.24, 2.45) is 7.05 Å². The van der Waals surface area contributed by atoms with Crippen LogP contribution in [0.3, 0.4) is 0 Å². The lowest BCUT2D eigenvalue weighted by Crippen LogP contribution is -2.03. The molecule has 0 aliphatic heterocycles. The summed E-state index contributed by atoms with van der Waals surface area (Å²) in [4.78, 5) is 17.4. The number of fused-ring (bicyclic) bond motifs is 1. The third kappa shape index (κ3) is 1.39. The van der Waals surface area contributed by atoms with Crippen LogP contribution in [0.5, 0.6) is 0 Å². The van der Waals surface area contributed by atoms with Crippen LogP contribution in [0.2, 0.25) is 0 Å². The molecule has 2 heterocycles. The lowest BCUT2D eigenvalue weighted by Gasteiger charge is -2.03. The molecule has 0 aliphatic carbocycles. The van der Waals surface area contributed by atoms with Gasteiger partial charge in [0.05, 0.1) is 12.9 Å². The van der Waals surface area contributed by atoms with Gasteiger partial charge in [0, 0.05) is 7.05 Å². The number of imidazole rings is 1. The Hall–Kier alpha value is -1.69. The highest BCUT2D eigenvalue weighted by molar-refractivity contribution is 5.81. The van der Waals surface area contributed by atoms with Gasteiger partial charge in [0.2, 0.25) is 0 Å². The number of aryl methyl sites for hydroxylation is 1. The van der Waals surface area contributed by atoms with E-state index in [9.17, 15) is 0 Å². The fourth-order valence-electron chi connectivity index (χ4n) is 1.16. The molecule has 0 spiro atoms. The fourth-order valence-corrected chi connectivity index (χ4v) is 1.16. The molecular formula is C8H11N5O. The second-order valence-electron chi connectivity index (χ2n) is 2.79. The van der Waals surface area contributed by atoms with Gasteiger partial charge >= 0.3 is 0 Å². The summed E-state index contributed by atoms with van der Waals surface area (Å²) in [6.45, 7) is 2.46. The Labute approximate surface area is 80.9 Å². The Morgan fingerprint density at radius 2 is 2.29 bits per heavy atom. The normalized spacial score (nSPS) is 10.7. The second kappa shape index (κ2) is 3.59. The van der Waals surface area contributed by atoms with Crippen LogP contribution >= 0.6 is 0 Å².